The van der Waals surface area contributed by atoms with Gasteiger partial charge >= 0.3 is 0 Å². The van der Waals surface area contributed by atoms with Crippen molar-refractivity contribution >= 4 is 16.9 Å². The minimum atomic E-state index is -0.204. The molecule has 1 fully saturated rings. The second-order valence-electron chi connectivity index (χ2n) is 7.06. The molecule has 5 nitrogen and oxygen atoms in total. The van der Waals surface area contributed by atoms with E-state index in [-0.39, 0.29) is 17.4 Å². The van der Waals surface area contributed by atoms with E-state index in [1.165, 1.54) is 0 Å². The summed E-state index contributed by atoms with van der Waals surface area (Å²) in [4.78, 5) is 16.9. The lowest BCUT2D eigenvalue weighted by Gasteiger charge is -2.34. The molecule has 23 heavy (non-hydrogen) atoms. The smallest absolute Gasteiger partial charge is 0.223 e. The van der Waals surface area contributed by atoms with Crippen LogP contribution in [0, 0.1) is 12.8 Å². The van der Waals surface area contributed by atoms with Gasteiger partial charge in [0.1, 0.15) is 5.82 Å². The maximum Gasteiger partial charge on any atom is 0.223 e. The van der Waals surface area contributed by atoms with Gasteiger partial charge in [-0.1, -0.05) is 6.07 Å². The number of aryl methyl sites for hydroxylation is 2. The van der Waals surface area contributed by atoms with Gasteiger partial charge in [0.2, 0.25) is 5.91 Å². The van der Waals surface area contributed by atoms with Crippen molar-refractivity contribution in [3.8, 4) is 0 Å². The summed E-state index contributed by atoms with van der Waals surface area (Å²) >= 11 is 0. The molecule has 1 atom stereocenters. The number of benzene rings is 1. The third-order valence-electron chi connectivity index (χ3n) is 4.70. The Bertz CT molecular complexity index is 733. The summed E-state index contributed by atoms with van der Waals surface area (Å²) < 4.78 is 7.75. The zero-order valence-corrected chi connectivity index (χ0v) is 14.3. The van der Waals surface area contributed by atoms with E-state index >= 15 is 0 Å². The molecule has 124 valence electrons. The van der Waals surface area contributed by atoms with Crippen molar-refractivity contribution in [2.24, 2.45) is 13.0 Å². The van der Waals surface area contributed by atoms with Gasteiger partial charge in [0.05, 0.1) is 16.6 Å². The van der Waals surface area contributed by atoms with Crippen molar-refractivity contribution in [1.29, 1.82) is 0 Å². The topological polar surface area (TPSA) is 56.1 Å². The van der Waals surface area contributed by atoms with E-state index in [2.05, 4.69) is 33.1 Å². The molecule has 2 heterocycles. The molecule has 1 aromatic heterocycles. The van der Waals surface area contributed by atoms with E-state index < -0.39 is 0 Å². The summed E-state index contributed by atoms with van der Waals surface area (Å²) in [6.07, 6.45) is 1.57. The maximum atomic E-state index is 12.4. The second kappa shape index (κ2) is 5.96. The first-order chi connectivity index (χ1) is 10.9. The number of carbonyl (C=O) groups is 1. The van der Waals surface area contributed by atoms with E-state index in [0.29, 0.717) is 13.2 Å². The number of aromatic nitrogens is 2. The Morgan fingerprint density at radius 2 is 2.26 bits per heavy atom. The highest BCUT2D eigenvalue weighted by Crippen LogP contribution is 2.28. The van der Waals surface area contributed by atoms with E-state index in [9.17, 15) is 4.79 Å². The number of imidazole rings is 1. The molecule has 1 amide bonds. The molecule has 0 radical (unpaired) electrons. The number of fused-ring (bicyclic) bond motifs is 1. The van der Waals surface area contributed by atoms with Crippen molar-refractivity contribution in [3.05, 3.63) is 29.6 Å². The Labute approximate surface area is 137 Å². The van der Waals surface area contributed by atoms with E-state index in [1.54, 1.807) is 0 Å². The maximum absolute atomic E-state index is 12.4. The van der Waals surface area contributed by atoms with Gasteiger partial charge in [0.25, 0.3) is 0 Å². The lowest BCUT2D eigenvalue weighted by molar-refractivity contribution is -0.135. The predicted molar refractivity (Wildman–Crippen MR) is 90.1 cm³/mol. The molecule has 1 N–H and O–H groups in total. The van der Waals surface area contributed by atoms with Gasteiger partial charge < -0.3 is 14.6 Å². The van der Waals surface area contributed by atoms with Gasteiger partial charge in [0.15, 0.2) is 0 Å². The summed E-state index contributed by atoms with van der Waals surface area (Å²) in [5, 5.41) is 3.06. The molecule has 2 aromatic rings. The second-order valence-corrected chi connectivity index (χ2v) is 7.06. The molecule has 5 heteroatoms. The molecule has 0 aliphatic carbocycles. The van der Waals surface area contributed by atoms with Crippen LogP contribution in [-0.2, 0) is 23.1 Å². The summed E-state index contributed by atoms with van der Waals surface area (Å²) in [5.74, 6) is 1.16. The van der Waals surface area contributed by atoms with Crippen LogP contribution in [-0.4, -0.2) is 27.7 Å². The van der Waals surface area contributed by atoms with E-state index in [1.807, 2.05) is 27.8 Å². The first-order valence-electron chi connectivity index (χ1n) is 8.19. The number of nitrogens with zero attached hydrogens (tertiary/aromatic N) is 2. The average Bonchev–Trinajstić information content (AvgIpc) is 2.78. The number of hydrogen-bond donors (Lipinski definition) is 1. The molecular formula is C18H25N3O2. The molecule has 1 unspecified atom stereocenters. The number of hydrogen-bond acceptors (Lipinski definition) is 3. The number of nitrogens with one attached hydrogen (secondary N) is 1. The fraction of sp³-hybridized carbons (Fsp3) is 0.556. The van der Waals surface area contributed by atoms with Gasteiger partial charge in [-0.2, -0.15) is 0 Å². The molecule has 0 saturated carbocycles. The monoisotopic (exact) mass is 315 g/mol. The van der Waals surface area contributed by atoms with Crippen molar-refractivity contribution < 1.29 is 9.53 Å². The molecule has 0 spiro atoms. The number of ether oxygens (including phenoxy) is 1. The third kappa shape index (κ3) is 3.39. The van der Waals surface area contributed by atoms with Gasteiger partial charge in [-0.15, -0.1) is 0 Å². The highest BCUT2D eigenvalue weighted by Gasteiger charge is 2.32. The SMILES string of the molecule is Cc1nc2cc(CNC(=O)C3CCOC(C)(C)C3)ccc2n1C. The van der Waals surface area contributed by atoms with Crippen molar-refractivity contribution in [1.82, 2.24) is 14.9 Å². The van der Waals surface area contributed by atoms with Crippen LogP contribution in [0.1, 0.15) is 38.1 Å². The predicted octanol–water partition coefficient (Wildman–Crippen LogP) is 2.70. The Morgan fingerprint density at radius 1 is 1.48 bits per heavy atom. The lowest BCUT2D eigenvalue weighted by Crippen LogP contribution is -2.41. The Hall–Kier alpha value is -1.88. The summed E-state index contributed by atoms with van der Waals surface area (Å²) in [6.45, 7) is 7.29. The van der Waals surface area contributed by atoms with Crippen LogP contribution in [0.3, 0.4) is 0 Å². The summed E-state index contributed by atoms with van der Waals surface area (Å²) in [7, 11) is 2.01. The third-order valence-corrected chi connectivity index (χ3v) is 4.70. The largest absolute Gasteiger partial charge is 0.376 e. The average molecular weight is 315 g/mol. The van der Waals surface area contributed by atoms with Gasteiger partial charge in [-0.05, 0) is 51.3 Å². The first kappa shape index (κ1) is 16.0. The highest BCUT2D eigenvalue weighted by atomic mass is 16.5. The standard InChI is InChI=1S/C18H25N3O2/c1-12-20-15-9-13(5-6-16(15)21(12)4)11-19-17(22)14-7-8-23-18(2,3)10-14/h5-6,9,14H,7-8,10-11H2,1-4H3,(H,19,22). The molecule has 1 aliphatic heterocycles. The van der Waals surface area contributed by atoms with Crippen molar-refractivity contribution in [2.45, 2.75) is 45.8 Å². The van der Waals surface area contributed by atoms with E-state index in [4.69, 9.17) is 4.74 Å². The Morgan fingerprint density at radius 3 is 3.00 bits per heavy atom. The molecule has 1 aromatic carbocycles. The van der Waals surface area contributed by atoms with Crippen LogP contribution in [0.2, 0.25) is 0 Å². The van der Waals surface area contributed by atoms with Gasteiger partial charge in [0, 0.05) is 26.1 Å². The van der Waals surface area contributed by atoms with Crippen LogP contribution in [0.25, 0.3) is 11.0 Å². The molecule has 3 rings (SSSR count). The molecule has 1 aliphatic rings. The van der Waals surface area contributed by atoms with Crippen molar-refractivity contribution in [3.63, 3.8) is 0 Å². The van der Waals surface area contributed by atoms with Crippen molar-refractivity contribution in [2.75, 3.05) is 6.61 Å². The summed E-state index contributed by atoms with van der Waals surface area (Å²) in [5.41, 5.74) is 2.97. The number of amides is 1. The van der Waals surface area contributed by atoms with Crippen LogP contribution in [0.15, 0.2) is 18.2 Å². The normalized spacial score (nSPS) is 20.6. The Kier molecular flexibility index (Phi) is 4.15. The highest BCUT2D eigenvalue weighted by molar-refractivity contribution is 5.79. The Balaban J connectivity index is 1.65. The molecule has 1 saturated heterocycles. The number of rotatable bonds is 3. The van der Waals surface area contributed by atoms with Gasteiger partial charge in [-0.25, -0.2) is 4.98 Å². The molecule has 0 bridgehead atoms. The fourth-order valence-electron chi connectivity index (χ4n) is 3.26. The van der Waals surface area contributed by atoms with Crippen LogP contribution >= 0.6 is 0 Å². The van der Waals surface area contributed by atoms with Gasteiger partial charge in [-0.3, -0.25) is 4.79 Å². The first-order valence-corrected chi connectivity index (χ1v) is 8.19. The zero-order chi connectivity index (χ0) is 16.6. The van der Waals surface area contributed by atoms with Crippen LogP contribution < -0.4 is 5.32 Å². The summed E-state index contributed by atoms with van der Waals surface area (Å²) in [6, 6.07) is 6.17. The fourth-order valence-corrected chi connectivity index (χ4v) is 3.26. The minimum Gasteiger partial charge on any atom is -0.376 e. The van der Waals surface area contributed by atoms with E-state index in [0.717, 1.165) is 35.3 Å². The minimum absolute atomic E-state index is 0.0413. The zero-order valence-electron chi connectivity index (χ0n) is 14.3. The van der Waals surface area contributed by atoms with Crippen LogP contribution in [0.4, 0.5) is 0 Å². The molecular weight excluding hydrogens is 290 g/mol. The van der Waals surface area contributed by atoms with Crippen LogP contribution in [0.5, 0.6) is 0 Å². The lowest BCUT2D eigenvalue weighted by atomic mass is 9.88. The number of carbonyl (C=O) groups excluding carboxylic acids is 1. The quantitative estimate of drug-likeness (QED) is 0.947.